The van der Waals surface area contributed by atoms with E-state index in [1.165, 1.54) is 11.8 Å². The Labute approximate surface area is 152 Å². The Kier molecular flexibility index (Phi) is 6.42. The molecule has 0 fully saturated rings. The van der Waals surface area contributed by atoms with Gasteiger partial charge in [-0.3, -0.25) is 9.59 Å². The van der Waals surface area contributed by atoms with Gasteiger partial charge >= 0.3 is 0 Å². The summed E-state index contributed by atoms with van der Waals surface area (Å²) in [6.07, 6.45) is 0. The van der Waals surface area contributed by atoms with Crippen LogP contribution < -0.4 is 15.0 Å². The normalized spacial score (nSPS) is 10.2. The molecule has 0 saturated carbocycles. The van der Waals surface area contributed by atoms with E-state index in [0.29, 0.717) is 28.8 Å². The Balaban J connectivity index is 2.19. The summed E-state index contributed by atoms with van der Waals surface area (Å²) in [4.78, 5) is 25.9. The number of amides is 2. The average Bonchev–Trinajstić information content (AvgIpc) is 2.57. The first kappa shape index (κ1) is 18.8. The number of halogens is 1. The molecule has 1 N–H and O–H groups in total. The first-order valence-corrected chi connectivity index (χ1v) is 8.36. The van der Waals surface area contributed by atoms with Crippen molar-refractivity contribution in [2.45, 2.75) is 20.8 Å². The molecule has 0 radical (unpaired) electrons. The maximum atomic E-state index is 12.5. The molecule has 6 heteroatoms. The lowest BCUT2D eigenvalue weighted by Crippen LogP contribution is -2.37. The van der Waals surface area contributed by atoms with Gasteiger partial charge in [0, 0.05) is 17.6 Å². The standard InChI is InChI=1S/C19H21ClN2O3/c1-4-25-18-11-6-5-9-16(18)21-19(24)12-22(14(3)23)17-10-7-8-15(20)13(17)2/h5-11H,4,12H2,1-3H3,(H,21,24). The van der Waals surface area contributed by atoms with E-state index in [1.807, 2.05) is 26.0 Å². The highest BCUT2D eigenvalue weighted by atomic mass is 35.5. The molecule has 2 aromatic carbocycles. The van der Waals surface area contributed by atoms with E-state index in [2.05, 4.69) is 5.32 Å². The smallest absolute Gasteiger partial charge is 0.244 e. The second-order valence-electron chi connectivity index (χ2n) is 5.47. The fourth-order valence-electron chi connectivity index (χ4n) is 2.44. The predicted molar refractivity (Wildman–Crippen MR) is 100 cm³/mol. The third-order valence-corrected chi connectivity index (χ3v) is 4.08. The molecule has 132 valence electrons. The second kappa shape index (κ2) is 8.53. The molecule has 0 atom stereocenters. The van der Waals surface area contributed by atoms with Crippen molar-refractivity contribution >= 4 is 34.8 Å². The van der Waals surface area contributed by atoms with Crippen molar-refractivity contribution in [2.24, 2.45) is 0 Å². The lowest BCUT2D eigenvalue weighted by molar-refractivity contribution is -0.120. The van der Waals surface area contributed by atoms with Crippen LogP contribution in [0.2, 0.25) is 5.02 Å². The number of carbonyl (C=O) groups excluding carboxylic acids is 2. The van der Waals surface area contributed by atoms with E-state index in [9.17, 15) is 9.59 Å². The molecular formula is C19H21ClN2O3. The summed E-state index contributed by atoms with van der Waals surface area (Å²) < 4.78 is 5.50. The summed E-state index contributed by atoms with van der Waals surface area (Å²) in [6.45, 7) is 5.49. The lowest BCUT2D eigenvalue weighted by atomic mass is 10.1. The number of carbonyl (C=O) groups is 2. The quantitative estimate of drug-likeness (QED) is 0.845. The van der Waals surface area contributed by atoms with E-state index in [4.69, 9.17) is 16.3 Å². The largest absolute Gasteiger partial charge is 0.492 e. The summed E-state index contributed by atoms with van der Waals surface area (Å²) >= 11 is 6.13. The van der Waals surface area contributed by atoms with Gasteiger partial charge in [0.25, 0.3) is 0 Å². The maximum absolute atomic E-state index is 12.5. The highest BCUT2D eigenvalue weighted by Gasteiger charge is 2.19. The van der Waals surface area contributed by atoms with Crippen molar-refractivity contribution in [1.82, 2.24) is 0 Å². The van der Waals surface area contributed by atoms with Crippen LogP contribution in [0.1, 0.15) is 19.4 Å². The minimum absolute atomic E-state index is 0.114. The molecule has 2 amide bonds. The van der Waals surface area contributed by atoms with Gasteiger partial charge in [0.15, 0.2) is 0 Å². The van der Waals surface area contributed by atoms with Gasteiger partial charge in [-0.15, -0.1) is 0 Å². The molecule has 0 unspecified atom stereocenters. The number of para-hydroxylation sites is 2. The van der Waals surface area contributed by atoms with Crippen molar-refractivity contribution in [3.8, 4) is 5.75 Å². The van der Waals surface area contributed by atoms with Crippen LogP contribution in [0.4, 0.5) is 11.4 Å². The van der Waals surface area contributed by atoms with Crippen LogP contribution in [0.5, 0.6) is 5.75 Å². The molecule has 0 spiro atoms. The first-order valence-electron chi connectivity index (χ1n) is 7.99. The number of hydrogen-bond donors (Lipinski definition) is 1. The Bertz CT molecular complexity index is 777. The summed E-state index contributed by atoms with van der Waals surface area (Å²) in [5, 5.41) is 3.34. The van der Waals surface area contributed by atoms with Crippen molar-refractivity contribution in [3.05, 3.63) is 53.1 Å². The molecule has 25 heavy (non-hydrogen) atoms. The predicted octanol–water partition coefficient (Wildman–Crippen LogP) is 4.04. The van der Waals surface area contributed by atoms with Crippen LogP contribution in [-0.2, 0) is 9.59 Å². The zero-order valence-electron chi connectivity index (χ0n) is 14.5. The van der Waals surface area contributed by atoms with Crippen molar-refractivity contribution in [2.75, 3.05) is 23.4 Å². The second-order valence-corrected chi connectivity index (χ2v) is 5.87. The number of nitrogens with zero attached hydrogens (tertiary/aromatic N) is 1. The zero-order valence-corrected chi connectivity index (χ0v) is 15.3. The Morgan fingerprint density at radius 2 is 1.88 bits per heavy atom. The van der Waals surface area contributed by atoms with E-state index in [1.54, 1.807) is 30.3 Å². The number of hydrogen-bond acceptors (Lipinski definition) is 3. The molecule has 0 aliphatic heterocycles. The van der Waals surface area contributed by atoms with Crippen molar-refractivity contribution in [1.29, 1.82) is 0 Å². The molecule has 2 aromatic rings. The molecule has 0 aromatic heterocycles. The lowest BCUT2D eigenvalue weighted by Gasteiger charge is -2.23. The SMILES string of the molecule is CCOc1ccccc1NC(=O)CN(C(C)=O)c1cccc(Cl)c1C. The molecule has 0 heterocycles. The number of rotatable bonds is 6. The Morgan fingerprint density at radius 1 is 1.16 bits per heavy atom. The fraction of sp³-hybridized carbons (Fsp3) is 0.263. The molecule has 0 aliphatic rings. The van der Waals surface area contributed by atoms with E-state index < -0.39 is 0 Å². The van der Waals surface area contributed by atoms with Gasteiger partial charge in [-0.05, 0) is 43.7 Å². The van der Waals surface area contributed by atoms with Crippen molar-refractivity contribution in [3.63, 3.8) is 0 Å². The van der Waals surface area contributed by atoms with Gasteiger partial charge in [-0.25, -0.2) is 0 Å². The highest BCUT2D eigenvalue weighted by Crippen LogP contribution is 2.27. The highest BCUT2D eigenvalue weighted by molar-refractivity contribution is 6.31. The number of benzene rings is 2. The van der Waals surface area contributed by atoms with Crippen molar-refractivity contribution < 1.29 is 14.3 Å². The summed E-state index contributed by atoms with van der Waals surface area (Å²) in [5.74, 6) is 0.0343. The Hall–Kier alpha value is -2.53. The van der Waals surface area contributed by atoms with Crippen LogP contribution in [0.25, 0.3) is 0 Å². The summed E-state index contributed by atoms with van der Waals surface area (Å²) in [5.41, 5.74) is 1.94. The zero-order chi connectivity index (χ0) is 18.4. The topological polar surface area (TPSA) is 58.6 Å². The molecular weight excluding hydrogens is 340 g/mol. The molecule has 0 saturated heterocycles. The van der Waals surface area contributed by atoms with Gasteiger partial charge in [0.2, 0.25) is 11.8 Å². The number of anilines is 2. The minimum Gasteiger partial charge on any atom is -0.492 e. The minimum atomic E-state index is -0.318. The van der Waals surface area contributed by atoms with Gasteiger partial charge in [0.05, 0.1) is 12.3 Å². The third-order valence-electron chi connectivity index (χ3n) is 3.67. The molecule has 2 rings (SSSR count). The van der Waals surface area contributed by atoms with Crippen LogP contribution >= 0.6 is 11.6 Å². The monoisotopic (exact) mass is 360 g/mol. The van der Waals surface area contributed by atoms with E-state index >= 15 is 0 Å². The van der Waals surface area contributed by atoms with Gasteiger partial charge in [-0.1, -0.05) is 29.8 Å². The first-order chi connectivity index (χ1) is 11.9. The average molecular weight is 361 g/mol. The van der Waals surface area contributed by atoms with E-state index in [0.717, 1.165) is 5.56 Å². The van der Waals surface area contributed by atoms with E-state index in [-0.39, 0.29) is 18.4 Å². The fourth-order valence-corrected chi connectivity index (χ4v) is 2.61. The van der Waals surface area contributed by atoms with Crippen LogP contribution in [-0.4, -0.2) is 25.0 Å². The van der Waals surface area contributed by atoms with Gasteiger partial charge in [0.1, 0.15) is 12.3 Å². The summed E-state index contributed by atoms with van der Waals surface area (Å²) in [7, 11) is 0. The van der Waals surface area contributed by atoms with Gasteiger partial charge in [-0.2, -0.15) is 0 Å². The molecule has 0 aliphatic carbocycles. The van der Waals surface area contributed by atoms with Gasteiger partial charge < -0.3 is 15.0 Å². The number of ether oxygens (including phenoxy) is 1. The third kappa shape index (κ3) is 4.73. The molecule has 5 nitrogen and oxygen atoms in total. The number of nitrogens with one attached hydrogen (secondary N) is 1. The van der Waals surface area contributed by atoms with Crippen LogP contribution in [0.15, 0.2) is 42.5 Å². The Morgan fingerprint density at radius 3 is 2.56 bits per heavy atom. The summed E-state index contributed by atoms with van der Waals surface area (Å²) in [6, 6.07) is 12.4. The van der Waals surface area contributed by atoms with Crippen LogP contribution in [0, 0.1) is 6.92 Å². The van der Waals surface area contributed by atoms with Crippen LogP contribution in [0.3, 0.4) is 0 Å². The maximum Gasteiger partial charge on any atom is 0.244 e. The molecule has 0 bridgehead atoms.